The van der Waals surface area contributed by atoms with E-state index in [9.17, 15) is 0 Å². The molecule has 0 aromatic rings. The molecule has 0 saturated carbocycles. The van der Waals surface area contributed by atoms with Gasteiger partial charge in [0.2, 0.25) is 0 Å². The van der Waals surface area contributed by atoms with Gasteiger partial charge >= 0.3 is 0 Å². The topological polar surface area (TPSA) is 12.0 Å². The maximum absolute atomic E-state index is 3.68. The van der Waals surface area contributed by atoms with E-state index in [1.165, 1.54) is 12.8 Å². The van der Waals surface area contributed by atoms with Gasteiger partial charge in [0, 0.05) is 13.1 Å². The van der Waals surface area contributed by atoms with Crippen molar-refractivity contribution in [3.8, 4) is 0 Å². The van der Waals surface area contributed by atoms with Crippen molar-refractivity contribution in [1.82, 2.24) is 5.32 Å². The van der Waals surface area contributed by atoms with Crippen LogP contribution in [-0.4, -0.2) is 13.1 Å². The van der Waals surface area contributed by atoms with Crippen LogP contribution >= 0.6 is 0 Å². The van der Waals surface area contributed by atoms with Gasteiger partial charge in [-0.05, 0) is 35.5 Å². The number of hydrogen-bond donors (Lipinski definition) is 1. The molecule has 0 saturated heterocycles. The van der Waals surface area contributed by atoms with E-state index < -0.39 is 0 Å². The van der Waals surface area contributed by atoms with Crippen molar-refractivity contribution in [1.29, 1.82) is 0 Å². The lowest BCUT2D eigenvalue weighted by atomic mass is 9.82. The summed E-state index contributed by atoms with van der Waals surface area (Å²) in [5, 5.41) is 3.68. The van der Waals surface area contributed by atoms with Crippen molar-refractivity contribution in [3.05, 3.63) is 0 Å². The summed E-state index contributed by atoms with van der Waals surface area (Å²) in [6.07, 6.45) is 2.59. The summed E-state index contributed by atoms with van der Waals surface area (Å²) >= 11 is 0. The fourth-order valence-electron chi connectivity index (χ4n) is 3.09. The summed E-state index contributed by atoms with van der Waals surface area (Å²) in [7, 11) is 0. The lowest BCUT2D eigenvalue weighted by molar-refractivity contribution is 0.230. The van der Waals surface area contributed by atoms with Gasteiger partial charge in [0.1, 0.15) is 0 Å². The molecule has 0 fully saturated rings. The number of hydrogen-bond acceptors (Lipinski definition) is 1. The van der Waals surface area contributed by atoms with Gasteiger partial charge in [-0.15, -0.1) is 0 Å². The van der Waals surface area contributed by atoms with Crippen LogP contribution in [0.1, 0.15) is 68.2 Å². The van der Waals surface area contributed by atoms with Crippen molar-refractivity contribution in [2.75, 3.05) is 13.1 Å². The fourth-order valence-corrected chi connectivity index (χ4v) is 3.09. The third-order valence-corrected chi connectivity index (χ3v) is 3.13. The molecule has 0 radical (unpaired) electrons. The van der Waals surface area contributed by atoms with Crippen molar-refractivity contribution >= 4 is 0 Å². The molecule has 0 amide bonds. The highest BCUT2D eigenvalue weighted by atomic mass is 14.9. The van der Waals surface area contributed by atoms with Crippen LogP contribution in [0.25, 0.3) is 0 Å². The standard InChI is InChI=1S/C16H35N/c1-13(2)9-15(5,6)11-17-12-16(7,8)10-14(3)4/h13-14,17H,9-12H2,1-8H3. The normalized spacial score (nSPS) is 13.8. The Bertz CT molecular complexity index is 180. The molecule has 104 valence electrons. The minimum atomic E-state index is 0.419. The number of nitrogens with one attached hydrogen (secondary N) is 1. The second kappa shape index (κ2) is 6.78. The molecule has 0 heterocycles. The van der Waals surface area contributed by atoms with E-state index in [0.717, 1.165) is 24.9 Å². The maximum atomic E-state index is 3.68. The molecule has 0 aliphatic rings. The zero-order chi connectivity index (χ0) is 13.7. The molecule has 0 aromatic heterocycles. The van der Waals surface area contributed by atoms with Crippen LogP contribution in [0.4, 0.5) is 0 Å². The zero-order valence-electron chi connectivity index (χ0n) is 13.5. The van der Waals surface area contributed by atoms with Crippen LogP contribution in [0.15, 0.2) is 0 Å². The van der Waals surface area contributed by atoms with E-state index in [1.807, 2.05) is 0 Å². The van der Waals surface area contributed by atoms with Gasteiger partial charge < -0.3 is 5.32 Å². The predicted octanol–water partition coefficient (Wildman–Crippen LogP) is 4.72. The second-order valence-electron chi connectivity index (χ2n) is 8.13. The number of rotatable bonds is 8. The van der Waals surface area contributed by atoms with Gasteiger partial charge in [-0.25, -0.2) is 0 Å². The van der Waals surface area contributed by atoms with E-state index in [0.29, 0.717) is 10.8 Å². The maximum Gasteiger partial charge on any atom is 0.000284 e. The average Bonchev–Trinajstić information content (AvgIpc) is 1.96. The first kappa shape index (κ1) is 17.0. The Labute approximate surface area is 110 Å². The van der Waals surface area contributed by atoms with Gasteiger partial charge in [0.15, 0.2) is 0 Å². The summed E-state index contributed by atoms with van der Waals surface area (Å²) in [5.41, 5.74) is 0.837. The SMILES string of the molecule is CC(C)CC(C)(C)CNCC(C)(C)CC(C)C. The molecule has 0 spiro atoms. The Kier molecular flexibility index (Phi) is 6.76. The quantitative estimate of drug-likeness (QED) is 0.648. The third kappa shape index (κ3) is 9.64. The fraction of sp³-hybridized carbons (Fsp3) is 1.00. The Morgan fingerprint density at radius 3 is 1.24 bits per heavy atom. The summed E-state index contributed by atoms with van der Waals surface area (Å²) in [6, 6.07) is 0. The molecular weight excluding hydrogens is 206 g/mol. The van der Waals surface area contributed by atoms with Crippen LogP contribution in [0.3, 0.4) is 0 Å². The molecule has 0 bridgehead atoms. The Morgan fingerprint density at radius 1 is 0.706 bits per heavy atom. The third-order valence-electron chi connectivity index (χ3n) is 3.13. The van der Waals surface area contributed by atoms with Gasteiger partial charge in [-0.3, -0.25) is 0 Å². The van der Waals surface area contributed by atoms with Crippen molar-refractivity contribution in [3.63, 3.8) is 0 Å². The monoisotopic (exact) mass is 241 g/mol. The van der Waals surface area contributed by atoms with Crippen molar-refractivity contribution < 1.29 is 0 Å². The molecule has 1 heteroatoms. The Morgan fingerprint density at radius 2 is 1.00 bits per heavy atom. The van der Waals surface area contributed by atoms with E-state index in [-0.39, 0.29) is 0 Å². The van der Waals surface area contributed by atoms with Crippen molar-refractivity contribution in [2.24, 2.45) is 22.7 Å². The minimum absolute atomic E-state index is 0.419. The van der Waals surface area contributed by atoms with Gasteiger partial charge in [0.25, 0.3) is 0 Å². The lowest BCUT2D eigenvalue weighted by Gasteiger charge is -2.31. The molecule has 0 aromatic carbocycles. The highest BCUT2D eigenvalue weighted by Crippen LogP contribution is 2.26. The molecule has 1 nitrogen and oxygen atoms in total. The Hall–Kier alpha value is -0.0400. The van der Waals surface area contributed by atoms with Crippen LogP contribution in [0.2, 0.25) is 0 Å². The van der Waals surface area contributed by atoms with E-state index in [2.05, 4.69) is 60.7 Å². The van der Waals surface area contributed by atoms with Gasteiger partial charge in [-0.2, -0.15) is 0 Å². The first-order valence-corrected chi connectivity index (χ1v) is 7.25. The first-order valence-electron chi connectivity index (χ1n) is 7.25. The smallest absolute Gasteiger partial charge is 0.000284 e. The molecule has 0 rings (SSSR count). The molecule has 0 aliphatic heterocycles. The van der Waals surface area contributed by atoms with Crippen LogP contribution in [0.5, 0.6) is 0 Å². The molecule has 0 aliphatic carbocycles. The lowest BCUT2D eigenvalue weighted by Crippen LogP contribution is -2.37. The summed E-state index contributed by atoms with van der Waals surface area (Å²) in [4.78, 5) is 0. The molecule has 1 N–H and O–H groups in total. The highest BCUT2D eigenvalue weighted by molar-refractivity contribution is 4.77. The summed E-state index contributed by atoms with van der Waals surface area (Å²) < 4.78 is 0. The van der Waals surface area contributed by atoms with E-state index in [1.54, 1.807) is 0 Å². The Balaban J connectivity index is 3.97. The van der Waals surface area contributed by atoms with E-state index >= 15 is 0 Å². The summed E-state index contributed by atoms with van der Waals surface area (Å²) in [6.45, 7) is 21.0. The van der Waals surface area contributed by atoms with Gasteiger partial charge in [0.05, 0.1) is 0 Å². The summed E-state index contributed by atoms with van der Waals surface area (Å²) in [5.74, 6) is 1.57. The van der Waals surface area contributed by atoms with Crippen molar-refractivity contribution in [2.45, 2.75) is 68.2 Å². The second-order valence-corrected chi connectivity index (χ2v) is 8.13. The predicted molar refractivity (Wildman–Crippen MR) is 79.3 cm³/mol. The highest BCUT2D eigenvalue weighted by Gasteiger charge is 2.22. The minimum Gasteiger partial charge on any atom is -0.316 e. The molecule has 17 heavy (non-hydrogen) atoms. The molecular formula is C16H35N. The first-order chi connectivity index (χ1) is 7.54. The molecule has 0 unspecified atom stereocenters. The zero-order valence-corrected chi connectivity index (χ0v) is 13.5. The largest absolute Gasteiger partial charge is 0.316 e. The van der Waals surface area contributed by atoms with E-state index in [4.69, 9.17) is 0 Å². The van der Waals surface area contributed by atoms with Gasteiger partial charge in [-0.1, -0.05) is 55.4 Å². The van der Waals surface area contributed by atoms with Crippen LogP contribution < -0.4 is 5.32 Å². The molecule has 0 atom stereocenters. The average molecular weight is 241 g/mol. The van der Waals surface area contributed by atoms with Crippen LogP contribution in [0, 0.1) is 22.7 Å². The van der Waals surface area contributed by atoms with Crippen LogP contribution in [-0.2, 0) is 0 Å².